The van der Waals surface area contributed by atoms with E-state index < -0.39 is 6.10 Å². The normalized spacial score (nSPS) is 13.7. The highest BCUT2D eigenvalue weighted by molar-refractivity contribution is 7.09. The molecule has 0 saturated heterocycles. The van der Waals surface area contributed by atoms with Crippen LogP contribution in [0.4, 0.5) is 0 Å². The average Bonchev–Trinajstić information content (AvgIpc) is 2.48. The monoisotopic (exact) mass is 225 g/mol. The number of nitrogens with zero attached hydrogens (tertiary/aromatic N) is 1. The van der Waals surface area contributed by atoms with E-state index in [0.717, 1.165) is 16.3 Å². The Labute approximate surface area is 95.7 Å². The summed E-state index contributed by atoms with van der Waals surface area (Å²) in [5, 5.41) is 12.8. The van der Waals surface area contributed by atoms with Gasteiger partial charge in [-0.3, -0.25) is 0 Å². The highest BCUT2D eigenvalue weighted by Gasteiger charge is 2.19. The van der Waals surface area contributed by atoms with Crippen LogP contribution in [-0.2, 0) is 5.41 Å². The van der Waals surface area contributed by atoms with E-state index in [1.54, 1.807) is 11.3 Å². The molecule has 0 saturated carbocycles. The molecule has 0 bridgehead atoms. The second-order valence-corrected chi connectivity index (χ2v) is 5.87. The van der Waals surface area contributed by atoms with Crippen molar-refractivity contribution in [3.63, 3.8) is 0 Å². The lowest BCUT2D eigenvalue weighted by Crippen LogP contribution is -2.10. The van der Waals surface area contributed by atoms with Gasteiger partial charge in [-0.2, -0.15) is 0 Å². The fraction of sp³-hybridized carbons (Fsp3) is 0.583. The minimum absolute atomic E-state index is 0.0631. The third-order valence-electron chi connectivity index (χ3n) is 1.96. The van der Waals surface area contributed by atoms with Gasteiger partial charge in [-0.05, 0) is 13.8 Å². The maximum Gasteiger partial charge on any atom is 0.115 e. The molecule has 1 N–H and O–H groups in total. The molecule has 1 rings (SSSR count). The second-order valence-electron chi connectivity index (χ2n) is 5.02. The van der Waals surface area contributed by atoms with Crippen LogP contribution in [0.2, 0.25) is 0 Å². The Bertz CT molecular complexity index is 356. The smallest absolute Gasteiger partial charge is 0.115 e. The minimum atomic E-state index is -0.567. The van der Waals surface area contributed by atoms with E-state index in [2.05, 4.69) is 25.8 Å². The van der Waals surface area contributed by atoms with Gasteiger partial charge in [-0.25, -0.2) is 4.98 Å². The highest BCUT2D eigenvalue weighted by Crippen LogP contribution is 2.28. The summed E-state index contributed by atoms with van der Waals surface area (Å²) in [4.78, 5) is 4.46. The van der Waals surface area contributed by atoms with Gasteiger partial charge in [0.05, 0.1) is 10.7 Å². The Morgan fingerprint density at radius 1 is 1.47 bits per heavy atom. The Balaban J connectivity index is 2.90. The van der Waals surface area contributed by atoms with Gasteiger partial charge in [0.2, 0.25) is 0 Å². The first-order valence-corrected chi connectivity index (χ1v) is 5.97. The maximum absolute atomic E-state index is 9.84. The minimum Gasteiger partial charge on any atom is -0.383 e. The second kappa shape index (κ2) is 4.45. The summed E-state index contributed by atoms with van der Waals surface area (Å²) in [7, 11) is 0. The van der Waals surface area contributed by atoms with Crippen LogP contribution in [0, 0.1) is 0 Å². The Morgan fingerprint density at radius 3 is 2.47 bits per heavy atom. The summed E-state index contributed by atoms with van der Waals surface area (Å²) in [5.41, 5.74) is 1.92. The number of aromatic nitrogens is 1. The van der Waals surface area contributed by atoms with E-state index in [1.807, 2.05) is 25.3 Å². The molecular formula is C12H19NOS. The molecular weight excluding hydrogens is 206 g/mol. The summed E-state index contributed by atoms with van der Waals surface area (Å²) in [6.45, 7) is 10.3. The molecule has 0 aliphatic heterocycles. The number of rotatable bonds is 2. The lowest BCUT2D eigenvalue weighted by molar-refractivity contribution is 0.223. The van der Waals surface area contributed by atoms with Crippen molar-refractivity contribution in [2.75, 3.05) is 0 Å². The van der Waals surface area contributed by atoms with Gasteiger partial charge in [0, 0.05) is 10.8 Å². The van der Waals surface area contributed by atoms with E-state index in [4.69, 9.17) is 0 Å². The van der Waals surface area contributed by atoms with E-state index in [0.29, 0.717) is 0 Å². The van der Waals surface area contributed by atoms with Crippen molar-refractivity contribution < 1.29 is 5.11 Å². The molecule has 1 aromatic heterocycles. The fourth-order valence-corrected chi connectivity index (χ4v) is 2.10. The molecule has 0 aliphatic carbocycles. The van der Waals surface area contributed by atoms with E-state index in [9.17, 15) is 5.11 Å². The van der Waals surface area contributed by atoms with E-state index in [1.165, 1.54) is 0 Å². The zero-order valence-corrected chi connectivity index (χ0v) is 10.9. The van der Waals surface area contributed by atoms with Gasteiger partial charge in [-0.1, -0.05) is 32.4 Å². The quantitative estimate of drug-likeness (QED) is 0.782. The summed E-state index contributed by atoms with van der Waals surface area (Å²) >= 11 is 1.61. The van der Waals surface area contributed by atoms with Crippen LogP contribution in [0.15, 0.2) is 17.0 Å². The van der Waals surface area contributed by atoms with Crippen molar-refractivity contribution in [1.29, 1.82) is 0 Å². The van der Waals surface area contributed by atoms with E-state index >= 15 is 0 Å². The van der Waals surface area contributed by atoms with Crippen LogP contribution < -0.4 is 0 Å². The Morgan fingerprint density at radius 2 is 2.07 bits per heavy atom. The third-order valence-corrected chi connectivity index (χ3v) is 3.24. The number of allylic oxidation sites excluding steroid dienone is 1. The molecule has 1 heterocycles. The van der Waals surface area contributed by atoms with Gasteiger partial charge in [-0.15, -0.1) is 11.3 Å². The molecule has 0 spiro atoms. The van der Waals surface area contributed by atoms with Crippen molar-refractivity contribution in [3.8, 4) is 0 Å². The van der Waals surface area contributed by atoms with Gasteiger partial charge < -0.3 is 5.11 Å². The summed E-state index contributed by atoms with van der Waals surface area (Å²) in [5.74, 6) is 0. The molecule has 0 aliphatic rings. The van der Waals surface area contributed by atoms with Crippen LogP contribution in [0.25, 0.3) is 0 Å². The molecule has 3 heteroatoms. The molecule has 1 unspecified atom stereocenters. The van der Waals surface area contributed by atoms with Crippen LogP contribution >= 0.6 is 11.3 Å². The molecule has 0 radical (unpaired) electrons. The van der Waals surface area contributed by atoms with Crippen molar-refractivity contribution in [2.45, 2.75) is 46.1 Å². The lowest BCUT2D eigenvalue weighted by Gasteiger charge is -2.13. The summed E-state index contributed by atoms with van der Waals surface area (Å²) in [6, 6.07) is 0. The molecule has 0 amide bonds. The SMILES string of the molecule is CC(C)=CC(O)c1csc(C(C)(C)C)n1. The number of aliphatic hydroxyl groups is 1. The highest BCUT2D eigenvalue weighted by atomic mass is 32.1. The zero-order valence-electron chi connectivity index (χ0n) is 10.0. The van der Waals surface area contributed by atoms with Gasteiger partial charge in [0.25, 0.3) is 0 Å². The molecule has 1 aromatic rings. The summed E-state index contributed by atoms with van der Waals surface area (Å²) < 4.78 is 0. The van der Waals surface area contributed by atoms with Crippen molar-refractivity contribution in [3.05, 3.63) is 27.7 Å². The zero-order chi connectivity index (χ0) is 11.6. The van der Waals surface area contributed by atoms with Crippen molar-refractivity contribution in [2.24, 2.45) is 0 Å². The predicted octanol–water partition coefficient (Wildman–Crippen LogP) is 3.44. The largest absolute Gasteiger partial charge is 0.383 e. The molecule has 1 atom stereocenters. The maximum atomic E-state index is 9.84. The Hall–Kier alpha value is -0.670. The van der Waals surface area contributed by atoms with E-state index in [-0.39, 0.29) is 5.41 Å². The third kappa shape index (κ3) is 3.43. The fourth-order valence-electron chi connectivity index (χ4n) is 1.17. The van der Waals surface area contributed by atoms with Gasteiger partial charge >= 0.3 is 0 Å². The first kappa shape index (κ1) is 12.4. The molecule has 15 heavy (non-hydrogen) atoms. The standard InChI is InChI=1S/C12H19NOS/c1-8(2)6-10(14)9-7-15-11(13-9)12(3,4)5/h6-7,10,14H,1-5H3. The lowest BCUT2D eigenvalue weighted by atomic mass is 9.98. The summed E-state index contributed by atoms with van der Waals surface area (Å²) in [6.07, 6.45) is 1.25. The van der Waals surface area contributed by atoms with Crippen molar-refractivity contribution >= 4 is 11.3 Å². The first-order valence-electron chi connectivity index (χ1n) is 5.09. The number of thiazole rings is 1. The van der Waals surface area contributed by atoms with Gasteiger partial charge in [0.1, 0.15) is 6.10 Å². The Kier molecular flexibility index (Phi) is 3.68. The predicted molar refractivity (Wildman–Crippen MR) is 65.2 cm³/mol. The first-order chi connectivity index (χ1) is 6.80. The molecule has 84 valence electrons. The number of hydrogen-bond donors (Lipinski definition) is 1. The van der Waals surface area contributed by atoms with Gasteiger partial charge in [0.15, 0.2) is 0 Å². The number of aliphatic hydroxyl groups excluding tert-OH is 1. The average molecular weight is 225 g/mol. The van der Waals surface area contributed by atoms with Crippen LogP contribution in [0.5, 0.6) is 0 Å². The van der Waals surface area contributed by atoms with Crippen LogP contribution in [0.3, 0.4) is 0 Å². The molecule has 2 nitrogen and oxygen atoms in total. The topological polar surface area (TPSA) is 33.1 Å². The molecule has 0 aromatic carbocycles. The molecule has 0 fully saturated rings. The van der Waals surface area contributed by atoms with Crippen LogP contribution in [-0.4, -0.2) is 10.1 Å². The number of hydrogen-bond acceptors (Lipinski definition) is 3. The van der Waals surface area contributed by atoms with Crippen LogP contribution in [0.1, 0.15) is 51.4 Å². The van der Waals surface area contributed by atoms with Crippen molar-refractivity contribution in [1.82, 2.24) is 4.98 Å².